The standard InChI is InChI=1S/C14H18O2/c1-10(2)14(15)16-13-9-5-8-12(13)11-6-3-4-7-11/h6H,1,3-5,7-9H2,2H3. The summed E-state index contributed by atoms with van der Waals surface area (Å²) in [5, 5.41) is 0. The van der Waals surface area contributed by atoms with E-state index in [4.69, 9.17) is 4.74 Å². The Balaban J connectivity index is 2.14. The molecule has 0 heterocycles. The van der Waals surface area contributed by atoms with Gasteiger partial charge in [0.2, 0.25) is 0 Å². The number of hydrogen-bond acceptors (Lipinski definition) is 2. The van der Waals surface area contributed by atoms with Crippen molar-refractivity contribution < 1.29 is 9.53 Å². The summed E-state index contributed by atoms with van der Waals surface area (Å²) in [6.45, 7) is 5.29. The second kappa shape index (κ2) is 4.69. The Bertz CT molecular complexity index is 386. The van der Waals surface area contributed by atoms with E-state index in [1.54, 1.807) is 6.92 Å². The van der Waals surface area contributed by atoms with Crippen LogP contribution in [0.2, 0.25) is 0 Å². The molecule has 2 rings (SSSR count). The summed E-state index contributed by atoms with van der Waals surface area (Å²) >= 11 is 0. The van der Waals surface area contributed by atoms with Gasteiger partial charge in [-0.1, -0.05) is 12.7 Å². The van der Waals surface area contributed by atoms with E-state index >= 15 is 0 Å². The Morgan fingerprint density at radius 3 is 2.75 bits per heavy atom. The molecule has 0 bridgehead atoms. The molecule has 0 N–H and O–H groups in total. The monoisotopic (exact) mass is 218 g/mol. The van der Waals surface area contributed by atoms with Gasteiger partial charge in [-0.2, -0.15) is 0 Å². The molecule has 0 spiro atoms. The Labute approximate surface area is 96.7 Å². The molecule has 0 radical (unpaired) electrons. The zero-order valence-electron chi connectivity index (χ0n) is 9.84. The molecule has 0 saturated heterocycles. The molecule has 2 aliphatic rings. The first kappa shape index (κ1) is 11.2. The van der Waals surface area contributed by atoms with Gasteiger partial charge in [0.05, 0.1) is 0 Å². The lowest BCUT2D eigenvalue weighted by molar-refractivity contribution is -0.135. The third-order valence-corrected chi connectivity index (χ3v) is 3.16. The van der Waals surface area contributed by atoms with Crippen molar-refractivity contribution in [3.63, 3.8) is 0 Å². The molecule has 0 fully saturated rings. The van der Waals surface area contributed by atoms with Crippen molar-refractivity contribution in [1.29, 1.82) is 0 Å². The molecule has 2 heteroatoms. The van der Waals surface area contributed by atoms with Crippen LogP contribution in [0.3, 0.4) is 0 Å². The second-order valence-electron chi connectivity index (χ2n) is 4.55. The van der Waals surface area contributed by atoms with E-state index in [0.717, 1.165) is 31.4 Å². The van der Waals surface area contributed by atoms with Crippen LogP contribution in [0, 0.1) is 0 Å². The molecule has 0 saturated carbocycles. The zero-order valence-corrected chi connectivity index (χ0v) is 9.84. The summed E-state index contributed by atoms with van der Waals surface area (Å²) in [4.78, 5) is 11.5. The number of allylic oxidation sites excluding steroid dienone is 4. The van der Waals surface area contributed by atoms with Gasteiger partial charge in [0.1, 0.15) is 5.76 Å². The zero-order chi connectivity index (χ0) is 11.5. The van der Waals surface area contributed by atoms with Crippen LogP contribution in [0.15, 0.2) is 35.1 Å². The van der Waals surface area contributed by atoms with E-state index in [1.165, 1.54) is 24.0 Å². The highest BCUT2D eigenvalue weighted by atomic mass is 16.5. The normalized spacial score (nSPS) is 19.9. The molecule has 0 atom stereocenters. The van der Waals surface area contributed by atoms with E-state index in [2.05, 4.69) is 12.7 Å². The molecule has 0 aromatic rings. The van der Waals surface area contributed by atoms with Gasteiger partial charge in [-0.25, -0.2) is 4.79 Å². The molecular formula is C14H18O2. The number of hydrogen-bond donors (Lipinski definition) is 0. The molecular weight excluding hydrogens is 200 g/mol. The van der Waals surface area contributed by atoms with E-state index in [9.17, 15) is 4.79 Å². The van der Waals surface area contributed by atoms with Gasteiger partial charge in [-0.05, 0) is 50.2 Å². The van der Waals surface area contributed by atoms with Crippen LogP contribution in [-0.4, -0.2) is 5.97 Å². The minimum atomic E-state index is -0.284. The van der Waals surface area contributed by atoms with Crippen LogP contribution in [0.4, 0.5) is 0 Å². The quantitative estimate of drug-likeness (QED) is 0.534. The summed E-state index contributed by atoms with van der Waals surface area (Å²) in [6.07, 6.45) is 8.89. The van der Waals surface area contributed by atoms with Crippen molar-refractivity contribution in [2.75, 3.05) is 0 Å². The summed E-state index contributed by atoms with van der Waals surface area (Å²) < 4.78 is 5.40. The van der Waals surface area contributed by atoms with E-state index in [1.807, 2.05) is 0 Å². The lowest BCUT2D eigenvalue weighted by Crippen LogP contribution is -2.05. The minimum absolute atomic E-state index is 0.284. The third-order valence-electron chi connectivity index (χ3n) is 3.16. The maximum Gasteiger partial charge on any atom is 0.338 e. The summed E-state index contributed by atoms with van der Waals surface area (Å²) in [5.41, 5.74) is 3.16. The summed E-state index contributed by atoms with van der Waals surface area (Å²) in [6, 6.07) is 0. The largest absolute Gasteiger partial charge is 0.427 e. The fourth-order valence-corrected chi connectivity index (χ4v) is 2.31. The van der Waals surface area contributed by atoms with Gasteiger partial charge in [0, 0.05) is 12.0 Å². The van der Waals surface area contributed by atoms with Gasteiger partial charge in [-0.15, -0.1) is 0 Å². The molecule has 0 aliphatic heterocycles. The van der Waals surface area contributed by atoms with Crippen molar-refractivity contribution in [1.82, 2.24) is 0 Å². The first-order chi connectivity index (χ1) is 7.68. The molecule has 0 aromatic carbocycles. The molecule has 16 heavy (non-hydrogen) atoms. The van der Waals surface area contributed by atoms with Crippen LogP contribution in [0.25, 0.3) is 0 Å². The van der Waals surface area contributed by atoms with E-state index in [0.29, 0.717) is 5.57 Å². The first-order valence-electron chi connectivity index (χ1n) is 5.97. The number of rotatable bonds is 3. The van der Waals surface area contributed by atoms with Crippen molar-refractivity contribution in [2.45, 2.75) is 45.4 Å². The van der Waals surface area contributed by atoms with Crippen LogP contribution in [0.1, 0.15) is 45.4 Å². The lowest BCUT2D eigenvalue weighted by atomic mass is 10.1. The van der Waals surface area contributed by atoms with Crippen LogP contribution in [-0.2, 0) is 9.53 Å². The Kier molecular flexibility index (Phi) is 3.28. The molecule has 2 aliphatic carbocycles. The lowest BCUT2D eigenvalue weighted by Gasteiger charge is -2.09. The van der Waals surface area contributed by atoms with Crippen molar-refractivity contribution in [3.8, 4) is 0 Å². The van der Waals surface area contributed by atoms with E-state index in [-0.39, 0.29) is 5.97 Å². The maximum atomic E-state index is 11.5. The van der Waals surface area contributed by atoms with Gasteiger partial charge in [-0.3, -0.25) is 0 Å². The van der Waals surface area contributed by atoms with Gasteiger partial charge >= 0.3 is 5.97 Å². The Hall–Kier alpha value is -1.31. The highest BCUT2D eigenvalue weighted by Gasteiger charge is 2.22. The molecule has 0 aromatic heterocycles. The van der Waals surface area contributed by atoms with Gasteiger partial charge < -0.3 is 4.74 Å². The Morgan fingerprint density at radius 2 is 2.12 bits per heavy atom. The topological polar surface area (TPSA) is 26.3 Å². The van der Waals surface area contributed by atoms with Crippen LogP contribution >= 0.6 is 0 Å². The van der Waals surface area contributed by atoms with Gasteiger partial charge in [0.25, 0.3) is 0 Å². The minimum Gasteiger partial charge on any atom is -0.427 e. The summed E-state index contributed by atoms with van der Waals surface area (Å²) in [7, 11) is 0. The number of esters is 1. The predicted octanol–water partition coefficient (Wildman–Crippen LogP) is 3.65. The fraction of sp³-hybridized carbons (Fsp3) is 0.500. The van der Waals surface area contributed by atoms with Crippen molar-refractivity contribution in [2.24, 2.45) is 0 Å². The summed E-state index contributed by atoms with van der Waals surface area (Å²) in [5.74, 6) is 0.606. The second-order valence-corrected chi connectivity index (χ2v) is 4.55. The molecule has 0 amide bonds. The first-order valence-corrected chi connectivity index (χ1v) is 5.97. The van der Waals surface area contributed by atoms with Crippen molar-refractivity contribution in [3.05, 3.63) is 35.1 Å². The SMILES string of the molecule is C=C(C)C(=O)OC1=C(C2=CCCC2)CCC1. The number of carbonyl (C=O) groups is 1. The molecule has 2 nitrogen and oxygen atoms in total. The highest BCUT2D eigenvalue weighted by molar-refractivity contribution is 5.87. The predicted molar refractivity (Wildman–Crippen MR) is 63.7 cm³/mol. The Morgan fingerprint density at radius 1 is 1.31 bits per heavy atom. The van der Waals surface area contributed by atoms with Gasteiger partial charge in [0.15, 0.2) is 0 Å². The molecule has 0 unspecified atom stereocenters. The van der Waals surface area contributed by atoms with E-state index < -0.39 is 0 Å². The maximum absolute atomic E-state index is 11.5. The highest BCUT2D eigenvalue weighted by Crippen LogP contribution is 2.37. The number of ether oxygens (including phenoxy) is 1. The fourth-order valence-electron chi connectivity index (χ4n) is 2.31. The molecule has 86 valence electrons. The number of carbonyl (C=O) groups excluding carboxylic acids is 1. The average Bonchev–Trinajstić information content (AvgIpc) is 2.85. The van der Waals surface area contributed by atoms with Crippen LogP contribution in [0.5, 0.6) is 0 Å². The van der Waals surface area contributed by atoms with Crippen molar-refractivity contribution >= 4 is 5.97 Å². The smallest absolute Gasteiger partial charge is 0.338 e. The van der Waals surface area contributed by atoms with Crippen LogP contribution < -0.4 is 0 Å². The average molecular weight is 218 g/mol. The third kappa shape index (κ3) is 2.26.